The lowest BCUT2D eigenvalue weighted by Gasteiger charge is -2.29. The molecule has 1 aromatic heterocycles. The largest absolute Gasteiger partial charge is 0.497 e. The van der Waals surface area contributed by atoms with E-state index in [9.17, 15) is 4.79 Å². The van der Waals surface area contributed by atoms with Gasteiger partial charge in [0.15, 0.2) is 5.82 Å². The number of methoxy groups -OCH3 is 1. The van der Waals surface area contributed by atoms with E-state index >= 15 is 0 Å². The topological polar surface area (TPSA) is 79.1 Å². The van der Waals surface area contributed by atoms with Crippen molar-refractivity contribution in [1.82, 2.24) is 20.2 Å². The third-order valence-corrected chi connectivity index (χ3v) is 6.08. The number of esters is 1. The number of ether oxygens (including phenoxy) is 2. The summed E-state index contributed by atoms with van der Waals surface area (Å²) in [6, 6.07) is 16.0. The molecule has 0 unspecified atom stereocenters. The standard InChI is InChI=1S/C26H33BrN4O3/c1-6-7-22(25(32)34-26(2,3)4)23(16-18-8-12-20(27)13-9-18)24-28-29-30-31(24)17-19-10-14-21(33-5)15-11-19/h8-15,22-23H,6-7,16-17H2,1-5H3/t22-,23-/m0/s1. The maximum atomic E-state index is 13.3. The van der Waals surface area contributed by atoms with E-state index in [1.807, 2.05) is 57.2 Å². The minimum atomic E-state index is -0.569. The summed E-state index contributed by atoms with van der Waals surface area (Å²) in [4.78, 5) is 13.3. The first-order chi connectivity index (χ1) is 16.2. The van der Waals surface area contributed by atoms with Gasteiger partial charge in [-0.25, -0.2) is 4.68 Å². The van der Waals surface area contributed by atoms with E-state index in [0.29, 0.717) is 25.2 Å². The molecule has 8 heteroatoms. The van der Waals surface area contributed by atoms with Crippen LogP contribution in [-0.2, 0) is 22.5 Å². The quantitative estimate of drug-likeness (QED) is 0.319. The number of nitrogens with zero attached hydrogens (tertiary/aromatic N) is 4. The summed E-state index contributed by atoms with van der Waals surface area (Å²) in [7, 11) is 1.64. The molecule has 0 aliphatic rings. The van der Waals surface area contributed by atoms with Crippen LogP contribution in [0.25, 0.3) is 0 Å². The van der Waals surface area contributed by atoms with Crippen molar-refractivity contribution in [3.63, 3.8) is 0 Å². The van der Waals surface area contributed by atoms with Crippen LogP contribution in [0.4, 0.5) is 0 Å². The van der Waals surface area contributed by atoms with Crippen LogP contribution in [0.15, 0.2) is 53.0 Å². The van der Waals surface area contributed by atoms with E-state index in [-0.39, 0.29) is 17.8 Å². The molecule has 0 amide bonds. The van der Waals surface area contributed by atoms with Crippen LogP contribution in [0, 0.1) is 5.92 Å². The zero-order valence-electron chi connectivity index (χ0n) is 20.5. The van der Waals surface area contributed by atoms with E-state index < -0.39 is 5.60 Å². The number of benzene rings is 2. The molecular formula is C26H33BrN4O3. The Morgan fingerprint density at radius 1 is 1.06 bits per heavy atom. The van der Waals surface area contributed by atoms with Crippen molar-refractivity contribution in [1.29, 1.82) is 0 Å². The first kappa shape index (κ1) is 25.9. The summed E-state index contributed by atoms with van der Waals surface area (Å²) in [5, 5.41) is 12.7. The fourth-order valence-electron chi connectivity index (χ4n) is 3.95. The molecule has 0 saturated carbocycles. The minimum absolute atomic E-state index is 0.213. The van der Waals surface area contributed by atoms with Crippen molar-refractivity contribution < 1.29 is 14.3 Å². The lowest BCUT2D eigenvalue weighted by molar-refractivity contribution is -0.161. The Hall–Kier alpha value is -2.74. The number of aromatic nitrogens is 4. The predicted molar refractivity (Wildman–Crippen MR) is 135 cm³/mol. The lowest BCUT2D eigenvalue weighted by atomic mass is 9.83. The lowest BCUT2D eigenvalue weighted by Crippen LogP contribution is -2.33. The van der Waals surface area contributed by atoms with Gasteiger partial charge < -0.3 is 9.47 Å². The number of hydrogen-bond donors (Lipinski definition) is 0. The highest BCUT2D eigenvalue weighted by Crippen LogP contribution is 2.33. The van der Waals surface area contributed by atoms with Crippen molar-refractivity contribution in [2.45, 2.75) is 65.0 Å². The Labute approximate surface area is 210 Å². The molecule has 0 radical (unpaired) electrons. The van der Waals surface area contributed by atoms with Crippen LogP contribution >= 0.6 is 15.9 Å². The second-order valence-corrected chi connectivity index (χ2v) is 10.3. The van der Waals surface area contributed by atoms with Crippen molar-refractivity contribution >= 4 is 21.9 Å². The number of tetrazole rings is 1. The van der Waals surface area contributed by atoms with Crippen LogP contribution < -0.4 is 4.74 Å². The van der Waals surface area contributed by atoms with Crippen molar-refractivity contribution in [3.05, 3.63) is 70.0 Å². The summed E-state index contributed by atoms with van der Waals surface area (Å²) in [6.07, 6.45) is 2.16. The third-order valence-electron chi connectivity index (χ3n) is 5.55. The van der Waals surface area contributed by atoms with Crippen LogP contribution in [0.2, 0.25) is 0 Å². The van der Waals surface area contributed by atoms with Gasteiger partial charge in [-0.1, -0.05) is 53.5 Å². The third kappa shape index (κ3) is 7.13. The molecule has 0 aliphatic heterocycles. The highest BCUT2D eigenvalue weighted by atomic mass is 79.9. The molecule has 0 fully saturated rings. The fraction of sp³-hybridized carbons (Fsp3) is 0.462. The SMILES string of the molecule is CCC[C@H](C(=O)OC(C)(C)C)[C@H](Cc1ccc(Br)cc1)c1nnnn1Cc1ccc(OC)cc1. The van der Waals surface area contributed by atoms with Gasteiger partial charge in [0.25, 0.3) is 0 Å². The van der Waals surface area contributed by atoms with Crippen LogP contribution in [-0.4, -0.2) is 38.9 Å². The molecule has 182 valence electrons. The molecule has 34 heavy (non-hydrogen) atoms. The summed E-state index contributed by atoms with van der Waals surface area (Å²) in [5.74, 6) is 0.665. The van der Waals surface area contributed by atoms with E-state index in [1.54, 1.807) is 11.8 Å². The minimum Gasteiger partial charge on any atom is -0.497 e. The maximum Gasteiger partial charge on any atom is 0.310 e. The molecule has 0 saturated heterocycles. The molecule has 2 atom stereocenters. The Balaban J connectivity index is 1.98. The molecule has 1 heterocycles. The van der Waals surface area contributed by atoms with E-state index in [2.05, 4.69) is 50.5 Å². The molecule has 0 spiro atoms. The van der Waals surface area contributed by atoms with Gasteiger partial charge in [-0.2, -0.15) is 0 Å². The van der Waals surface area contributed by atoms with Gasteiger partial charge in [-0.3, -0.25) is 4.79 Å². The number of carbonyl (C=O) groups is 1. The first-order valence-electron chi connectivity index (χ1n) is 11.6. The van der Waals surface area contributed by atoms with Crippen molar-refractivity contribution in [2.24, 2.45) is 5.92 Å². The summed E-state index contributed by atoms with van der Waals surface area (Å²) in [5.41, 5.74) is 1.58. The second-order valence-electron chi connectivity index (χ2n) is 9.41. The summed E-state index contributed by atoms with van der Waals surface area (Å²) in [6.45, 7) is 8.26. The average molecular weight is 529 g/mol. The normalized spacial score (nSPS) is 13.4. The van der Waals surface area contributed by atoms with Crippen molar-refractivity contribution in [2.75, 3.05) is 7.11 Å². The number of halogens is 1. The Morgan fingerprint density at radius 3 is 2.29 bits per heavy atom. The van der Waals surface area contributed by atoms with E-state index in [0.717, 1.165) is 27.8 Å². The van der Waals surface area contributed by atoms with Gasteiger partial charge in [-0.15, -0.1) is 5.10 Å². The van der Waals surface area contributed by atoms with Crippen LogP contribution in [0.3, 0.4) is 0 Å². The number of hydrogen-bond acceptors (Lipinski definition) is 6. The van der Waals surface area contributed by atoms with Crippen LogP contribution in [0.1, 0.15) is 63.4 Å². The number of carbonyl (C=O) groups excluding carboxylic acids is 1. The monoisotopic (exact) mass is 528 g/mol. The first-order valence-corrected chi connectivity index (χ1v) is 12.4. The molecule has 3 aromatic rings. The van der Waals surface area contributed by atoms with Crippen LogP contribution in [0.5, 0.6) is 5.75 Å². The zero-order valence-corrected chi connectivity index (χ0v) is 22.1. The molecule has 0 aliphatic carbocycles. The molecule has 0 N–H and O–H groups in total. The summed E-state index contributed by atoms with van der Waals surface area (Å²) >= 11 is 3.50. The average Bonchev–Trinajstić information content (AvgIpc) is 3.24. The molecular weight excluding hydrogens is 496 g/mol. The maximum absolute atomic E-state index is 13.3. The highest BCUT2D eigenvalue weighted by molar-refractivity contribution is 9.10. The Kier molecular flexibility index (Phi) is 8.83. The van der Waals surface area contributed by atoms with Gasteiger partial charge in [0.2, 0.25) is 0 Å². The number of rotatable bonds is 10. The second kappa shape index (κ2) is 11.6. The Morgan fingerprint density at radius 2 is 1.71 bits per heavy atom. The molecule has 2 aromatic carbocycles. The zero-order chi connectivity index (χ0) is 24.7. The van der Waals surface area contributed by atoms with E-state index in [1.165, 1.54) is 0 Å². The van der Waals surface area contributed by atoms with Gasteiger partial charge in [0.1, 0.15) is 11.4 Å². The fourth-order valence-corrected chi connectivity index (χ4v) is 4.22. The molecule has 3 rings (SSSR count). The van der Waals surface area contributed by atoms with Gasteiger partial charge >= 0.3 is 5.97 Å². The Bertz CT molecular complexity index is 1060. The van der Waals surface area contributed by atoms with Gasteiger partial charge in [-0.05, 0) is 79.4 Å². The molecule has 7 nitrogen and oxygen atoms in total. The summed E-state index contributed by atoms with van der Waals surface area (Å²) < 4.78 is 13.9. The van der Waals surface area contributed by atoms with Gasteiger partial charge in [0, 0.05) is 10.4 Å². The van der Waals surface area contributed by atoms with E-state index in [4.69, 9.17) is 9.47 Å². The highest BCUT2D eigenvalue weighted by Gasteiger charge is 2.36. The van der Waals surface area contributed by atoms with Gasteiger partial charge in [0.05, 0.1) is 19.6 Å². The smallest absolute Gasteiger partial charge is 0.310 e. The predicted octanol–water partition coefficient (Wildman–Crippen LogP) is 5.58. The molecule has 0 bridgehead atoms. The van der Waals surface area contributed by atoms with Crippen molar-refractivity contribution in [3.8, 4) is 5.75 Å².